The number of carbonyl (C=O) groups excluding carboxylic acids is 2. The van der Waals surface area contributed by atoms with Crippen LogP contribution in [0.5, 0.6) is 0 Å². The molecule has 1 aromatic rings. The molecular weight excluding hydrogens is 237 g/mol. The number of alkyl halides is 3. The maximum absolute atomic E-state index is 12.3. The highest BCUT2D eigenvalue weighted by molar-refractivity contribution is 5.82. The molecule has 0 heterocycles. The molecule has 0 aliphatic rings. The molecule has 0 atom stereocenters. The van der Waals surface area contributed by atoms with Crippen molar-refractivity contribution in [2.45, 2.75) is 12.2 Å². The minimum atomic E-state index is -4.47. The highest BCUT2D eigenvalue weighted by atomic mass is 19.4. The van der Waals surface area contributed by atoms with Gasteiger partial charge in [0.2, 0.25) is 0 Å². The third kappa shape index (κ3) is 3.78. The summed E-state index contributed by atoms with van der Waals surface area (Å²) < 4.78 is 36.9. The van der Waals surface area contributed by atoms with E-state index in [1.165, 1.54) is 6.07 Å². The van der Waals surface area contributed by atoms with Crippen molar-refractivity contribution in [3.8, 4) is 0 Å². The molecule has 1 rings (SSSR count). The Hall–Kier alpha value is -2.05. The Kier molecular flexibility index (Phi) is 4.08. The van der Waals surface area contributed by atoms with Crippen LogP contribution in [0.3, 0.4) is 0 Å². The van der Waals surface area contributed by atoms with Crippen molar-refractivity contribution in [1.82, 2.24) is 0 Å². The maximum atomic E-state index is 12.3. The molecular formula is C10H7F3N2O2. The lowest BCUT2D eigenvalue weighted by Gasteiger charge is -2.05. The standard InChI is InChI=1S/C10H7F3N2O2/c11-10(12,13)7-2-1-3-8(4-7)14-15-9(5-16)6-17/h1-6,9H. The average molecular weight is 244 g/mol. The molecule has 0 aliphatic carbocycles. The van der Waals surface area contributed by atoms with E-state index in [4.69, 9.17) is 0 Å². The zero-order valence-electron chi connectivity index (χ0n) is 8.39. The smallest absolute Gasteiger partial charge is 0.300 e. The van der Waals surface area contributed by atoms with E-state index in [1.54, 1.807) is 0 Å². The van der Waals surface area contributed by atoms with Gasteiger partial charge in [-0.2, -0.15) is 23.4 Å². The number of halogens is 3. The van der Waals surface area contributed by atoms with E-state index in [0.29, 0.717) is 0 Å². The number of hydrogen-bond donors (Lipinski definition) is 0. The van der Waals surface area contributed by atoms with Crippen molar-refractivity contribution < 1.29 is 22.8 Å². The van der Waals surface area contributed by atoms with Gasteiger partial charge in [-0.3, -0.25) is 0 Å². The Labute approximate surface area is 94.2 Å². The summed E-state index contributed by atoms with van der Waals surface area (Å²) in [4.78, 5) is 20.4. The molecule has 0 aromatic heterocycles. The zero-order chi connectivity index (χ0) is 12.9. The molecule has 4 nitrogen and oxygen atoms in total. The van der Waals surface area contributed by atoms with Crippen molar-refractivity contribution in [2.75, 3.05) is 0 Å². The third-order valence-electron chi connectivity index (χ3n) is 1.76. The van der Waals surface area contributed by atoms with Gasteiger partial charge >= 0.3 is 6.18 Å². The summed E-state index contributed by atoms with van der Waals surface area (Å²) in [6, 6.07) is 2.82. The van der Waals surface area contributed by atoms with Crippen LogP contribution in [0, 0.1) is 0 Å². The minimum Gasteiger partial charge on any atom is -0.300 e. The molecule has 7 heteroatoms. The molecule has 0 bridgehead atoms. The summed E-state index contributed by atoms with van der Waals surface area (Å²) in [6.07, 6.45) is -3.99. The molecule has 0 fully saturated rings. The van der Waals surface area contributed by atoms with Crippen LogP contribution in [0.15, 0.2) is 34.5 Å². The van der Waals surface area contributed by atoms with Crippen molar-refractivity contribution in [3.05, 3.63) is 29.8 Å². The monoisotopic (exact) mass is 244 g/mol. The van der Waals surface area contributed by atoms with Crippen LogP contribution < -0.4 is 0 Å². The van der Waals surface area contributed by atoms with Crippen molar-refractivity contribution >= 4 is 18.3 Å². The summed E-state index contributed by atoms with van der Waals surface area (Å²) in [5, 5.41) is 6.66. The molecule has 0 N–H and O–H groups in total. The van der Waals surface area contributed by atoms with Crippen molar-refractivity contribution in [3.63, 3.8) is 0 Å². The second-order valence-electron chi connectivity index (χ2n) is 3.03. The largest absolute Gasteiger partial charge is 0.416 e. The fourth-order valence-electron chi connectivity index (χ4n) is 0.964. The number of carbonyl (C=O) groups is 2. The fraction of sp³-hybridized carbons (Fsp3) is 0.200. The lowest BCUT2D eigenvalue weighted by Crippen LogP contribution is -2.05. The van der Waals surface area contributed by atoms with Crippen molar-refractivity contribution in [2.24, 2.45) is 10.2 Å². The summed E-state index contributed by atoms with van der Waals surface area (Å²) >= 11 is 0. The van der Waals surface area contributed by atoms with Gasteiger partial charge in [0.05, 0.1) is 11.3 Å². The van der Waals surface area contributed by atoms with Gasteiger partial charge in [0.15, 0.2) is 18.6 Å². The van der Waals surface area contributed by atoms with Crippen LogP contribution in [0.2, 0.25) is 0 Å². The second-order valence-corrected chi connectivity index (χ2v) is 3.03. The van der Waals surface area contributed by atoms with Crippen LogP contribution >= 0.6 is 0 Å². The van der Waals surface area contributed by atoms with Gasteiger partial charge in [-0.05, 0) is 18.2 Å². The van der Waals surface area contributed by atoms with Gasteiger partial charge in [0.1, 0.15) is 0 Å². The highest BCUT2D eigenvalue weighted by Gasteiger charge is 2.30. The summed E-state index contributed by atoms with van der Waals surface area (Å²) in [7, 11) is 0. The number of rotatable bonds is 4. The molecule has 0 saturated heterocycles. The van der Waals surface area contributed by atoms with Crippen LogP contribution in [-0.4, -0.2) is 18.6 Å². The quantitative estimate of drug-likeness (QED) is 0.464. The second kappa shape index (κ2) is 5.33. The Morgan fingerprint density at radius 2 is 1.82 bits per heavy atom. The Bertz CT molecular complexity index is 435. The van der Waals surface area contributed by atoms with Gasteiger partial charge in [-0.25, -0.2) is 0 Å². The first-order valence-electron chi connectivity index (χ1n) is 4.46. The summed E-state index contributed by atoms with van der Waals surface area (Å²) in [5.41, 5.74) is -0.948. The van der Waals surface area contributed by atoms with E-state index in [2.05, 4.69) is 10.2 Å². The topological polar surface area (TPSA) is 58.9 Å². The predicted octanol–water partition coefficient (Wildman–Crippen LogP) is 2.56. The third-order valence-corrected chi connectivity index (χ3v) is 1.76. The fourth-order valence-corrected chi connectivity index (χ4v) is 0.964. The van der Waals surface area contributed by atoms with Crippen LogP contribution in [-0.2, 0) is 15.8 Å². The van der Waals surface area contributed by atoms with Crippen LogP contribution in [0.25, 0.3) is 0 Å². The molecule has 0 radical (unpaired) electrons. The number of azo groups is 1. The average Bonchev–Trinajstić information content (AvgIpc) is 2.30. The number of aldehydes is 2. The molecule has 0 amide bonds. The molecule has 0 aliphatic heterocycles. The zero-order valence-corrected chi connectivity index (χ0v) is 8.39. The molecule has 0 saturated carbocycles. The van der Waals surface area contributed by atoms with Gasteiger partial charge in [0, 0.05) is 0 Å². The number of benzene rings is 1. The SMILES string of the molecule is O=CC(C=O)N=Nc1cccc(C(F)(F)F)c1. The molecule has 0 spiro atoms. The molecule has 1 aromatic carbocycles. The van der Waals surface area contributed by atoms with Gasteiger partial charge in [-0.15, -0.1) is 0 Å². The lowest BCUT2D eigenvalue weighted by molar-refractivity contribution is -0.137. The maximum Gasteiger partial charge on any atom is 0.416 e. The Balaban J connectivity index is 2.93. The van der Waals surface area contributed by atoms with E-state index in [1.807, 2.05) is 0 Å². The number of nitrogens with zero attached hydrogens (tertiary/aromatic N) is 2. The first kappa shape index (κ1) is 13.0. The Morgan fingerprint density at radius 3 is 2.35 bits per heavy atom. The van der Waals surface area contributed by atoms with Gasteiger partial charge in [-0.1, -0.05) is 6.07 Å². The Morgan fingerprint density at radius 1 is 1.18 bits per heavy atom. The van der Waals surface area contributed by atoms with E-state index >= 15 is 0 Å². The highest BCUT2D eigenvalue weighted by Crippen LogP contribution is 2.31. The van der Waals surface area contributed by atoms with E-state index < -0.39 is 17.8 Å². The molecule has 90 valence electrons. The first-order chi connectivity index (χ1) is 7.97. The molecule has 17 heavy (non-hydrogen) atoms. The normalized spacial score (nSPS) is 12.0. The van der Waals surface area contributed by atoms with Gasteiger partial charge < -0.3 is 9.59 Å². The lowest BCUT2D eigenvalue weighted by atomic mass is 10.2. The van der Waals surface area contributed by atoms with E-state index in [9.17, 15) is 22.8 Å². The van der Waals surface area contributed by atoms with Crippen LogP contribution in [0.4, 0.5) is 18.9 Å². The number of hydrogen-bond acceptors (Lipinski definition) is 4. The summed E-state index contributed by atoms with van der Waals surface area (Å²) in [6.45, 7) is 0. The summed E-state index contributed by atoms with van der Waals surface area (Å²) in [5.74, 6) is 0. The van der Waals surface area contributed by atoms with Crippen molar-refractivity contribution in [1.29, 1.82) is 0 Å². The first-order valence-corrected chi connectivity index (χ1v) is 4.46. The minimum absolute atomic E-state index is 0.0754. The molecule has 0 unspecified atom stereocenters. The van der Waals surface area contributed by atoms with Crippen LogP contribution in [0.1, 0.15) is 5.56 Å². The van der Waals surface area contributed by atoms with E-state index in [-0.39, 0.29) is 18.3 Å². The predicted molar refractivity (Wildman–Crippen MR) is 51.9 cm³/mol. The van der Waals surface area contributed by atoms with E-state index in [0.717, 1.165) is 18.2 Å². The van der Waals surface area contributed by atoms with Gasteiger partial charge in [0.25, 0.3) is 0 Å².